The van der Waals surface area contributed by atoms with E-state index < -0.39 is 0 Å². The van der Waals surface area contributed by atoms with E-state index >= 15 is 0 Å². The molecule has 1 saturated carbocycles. The molecule has 1 aromatic heterocycles. The molecule has 0 aromatic carbocycles. The Balaban J connectivity index is 2.07. The summed E-state index contributed by atoms with van der Waals surface area (Å²) in [5.74, 6) is 0. The predicted octanol–water partition coefficient (Wildman–Crippen LogP) is 3.69. The lowest BCUT2D eigenvalue weighted by Gasteiger charge is -2.34. The van der Waals surface area contributed by atoms with Gasteiger partial charge < -0.3 is 4.90 Å². The van der Waals surface area contributed by atoms with E-state index in [-0.39, 0.29) is 5.38 Å². The van der Waals surface area contributed by atoms with Crippen LogP contribution in [0.4, 0.5) is 5.13 Å². The number of thiazole rings is 1. The lowest BCUT2D eigenvalue weighted by Crippen LogP contribution is -2.40. The molecule has 0 spiro atoms. The maximum Gasteiger partial charge on any atom is 0.185 e. The normalized spacial score (nSPS) is 25.7. The highest BCUT2D eigenvalue weighted by atomic mass is 35.5. The number of halogens is 1. The fourth-order valence-electron chi connectivity index (χ4n) is 2.26. The number of nitrogens with zero attached hydrogens (tertiary/aromatic N) is 2. The predicted molar refractivity (Wildman–Crippen MR) is 71.8 cm³/mol. The van der Waals surface area contributed by atoms with Crippen LogP contribution in [0.1, 0.15) is 38.3 Å². The third-order valence-electron chi connectivity index (χ3n) is 3.35. The van der Waals surface area contributed by atoms with E-state index in [1.165, 1.54) is 25.0 Å². The molecule has 0 saturated heterocycles. The molecule has 4 heteroatoms. The zero-order valence-electron chi connectivity index (χ0n) is 9.95. The molecule has 16 heavy (non-hydrogen) atoms. The first kappa shape index (κ1) is 12.2. The van der Waals surface area contributed by atoms with Crippen LogP contribution in [0.3, 0.4) is 0 Å². The highest BCUT2D eigenvalue weighted by Crippen LogP contribution is 2.31. The Labute approximate surface area is 107 Å². The Morgan fingerprint density at radius 2 is 2.25 bits per heavy atom. The molecule has 0 amide bonds. The van der Waals surface area contributed by atoms with Crippen molar-refractivity contribution >= 4 is 28.1 Å². The topological polar surface area (TPSA) is 16.1 Å². The Kier molecular flexibility index (Phi) is 4.09. The number of anilines is 1. The van der Waals surface area contributed by atoms with E-state index in [1.54, 1.807) is 11.3 Å². The van der Waals surface area contributed by atoms with E-state index in [4.69, 9.17) is 11.6 Å². The van der Waals surface area contributed by atoms with Crippen molar-refractivity contribution < 1.29 is 0 Å². The molecule has 0 bridgehead atoms. The van der Waals surface area contributed by atoms with Crippen molar-refractivity contribution in [2.45, 2.75) is 50.4 Å². The minimum atomic E-state index is 0.285. The van der Waals surface area contributed by atoms with Gasteiger partial charge in [-0.15, -0.1) is 22.9 Å². The van der Waals surface area contributed by atoms with Gasteiger partial charge in [0.05, 0.1) is 11.1 Å². The van der Waals surface area contributed by atoms with Gasteiger partial charge in [0, 0.05) is 18.5 Å². The second-order valence-corrected chi connectivity index (χ2v) is 5.85. The van der Waals surface area contributed by atoms with Crippen LogP contribution in [0.25, 0.3) is 0 Å². The lowest BCUT2D eigenvalue weighted by atomic mass is 9.94. The van der Waals surface area contributed by atoms with Crippen molar-refractivity contribution in [3.05, 3.63) is 11.1 Å². The smallest absolute Gasteiger partial charge is 0.185 e. The van der Waals surface area contributed by atoms with Crippen LogP contribution in [0.15, 0.2) is 5.38 Å². The van der Waals surface area contributed by atoms with Gasteiger partial charge >= 0.3 is 0 Å². The van der Waals surface area contributed by atoms with Gasteiger partial charge in [0.1, 0.15) is 0 Å². The van der Waals surface area contributed by atoms with E-state index in [9.17, 15) is 0 Å². The molecule has 1 fully saturated rings. The Morgan fingerprint density at radius 1 is 1.50 bits per heavy atom. The molecule has 2 rings (SSSR count). The second kappa shape index (κ2) is 5.37. The van der Waals surface area contributed by atoms with Crippen LogP contribution in [0.2, 0.25) is 0 Å². The van der Waals surface area contributed by atoms with Crippen molar-refractivity contribution in [2.24, 2.45) is 0 Å². The lowest BCUT2D eigenvalue weighted by molar-refractivity contribution is 0.434. The Morgan fingerprint density at radius 3 is 2.88 bits per heavy atom. The van der Waals surface area contributed by atoms with E-state index in [2.05, 4.69) is 29.2 Å². The number of aromatic nitrogens is 1. The Hall–Kier alpha value is -0.280. The monoisotopic (exact) mass is 258 g/mol. The van der Waals surface area contributed by atoms with Gasteiger partial charge in [-0.25, -0.2) is 4.98 Å². The molecule has 0 radical (unpaired) electrons. The number of rotatable bonds is 3. The SMILES string of the molecule is CCc1csc(N(C)C2CCCCC2Cl)n1. The van der Waals surface area contributed by atoms with Gasteiger partial charge in [-0.1, -0.05) is 19.8 Å². The largest absolute Gasteiger partial charge is 0.347 e. The van der Waals surface area contributed by atoms with Crippen LogP contribution >= 0.6 is 22.9 Å². The maximum absolute atomic E-state index is 6.40. The summed E-state index contributed by atoms with van der Waals surface area (Å²) in [7, 11) is 2.13. The molecule has 1 aliphatic rings. The first-order valence-electron chi connectivity index (χ1n) is 6.03. The summed E-state index contributed by atoms with van der Waals surface area (Å²) >= 11 is 8.14. The zero-order valence-corrected chi connectivity index (χ0v) is 11.5. The zero-order chi connectivity index (χ0) is 11.5. The minimum Gasteiger partial charge on any atom is -0.347 e. The average Bonchev–Trinajstić information content (AvgIpc) is 2.77. The van der Waals surface area contributed by atoms with Gasteiger partial charge in [-0.3, -0.25) is 0 Å². The van der Waals surface area contributed by atoms with Crippen LogP contribution in [-0.2, 0) is 6.42 Å². The first-order chi connectivity index (χ1) is 7.72. The number of aryl methyl sites for hydroxylation is 1. The average molecular weight is 259 g/mol. The summed E-state index contributed by atoms with van der Waals surface area (Å²) in [4.78, 5) is 6.90. The molecule has 2 nitrogen and oxygen atoms in total. The van der Waals surface area contributed by atoms with Crippen LogP contribution < -0.4 is 4.90 Å². The molecule has 1 heterocycles. The summed E-state index contributed by atoms with van der Waals surface area (Å²) in [5, 5.41) is 3.56. The van der Waals surface area contributed by atoms with E-state index in [0.717, 1.165) is 18.0 Å². The minimum absolute atomic E-state index is 0.285. The highest BCUT2D eigenvalue weighted by Gasteiger charge is 2.27. The standard InChI is InChI=1S/C12H19ClN2S/c1-3-9-8-16-12(14-9)15(2)11-7-5-4-6-10(11)13/h8,10-11H,3-7H2,1-2H3. The highest BCUT2D eigenvalue weighted by molar-refractivity contribution is 7.13. The van der Waals surface area contributed by atoms with Crippen molar-refractivity contribution in [3.8, 4) is 0 Å². The van der Waals surface area contributed by atoms with Gasteiger partial charge in [0.15, 0.2) is 5.13 Å². The summed E-state index contributed by atoms with van der Waals surface area (Å²) in [5.41, 5.74) is 1.19. The van der Waals surface area contributed by atoms with Crippen LogP contribution in [-0.4, -0.2) is 23.5 Å². The number of hydrogen-bond donors (Lipinski definition) is 0. The summed E-state index contributed by atoms with van der Waals surface area (Å²) in [6.45, 7) is 2.14. The molecule has 1 aliphatic carbocycles. The number of alkyl halides is 1. The van der Waals surface area contributed by atoms with Gasteiger partial charge in [0.2, 0.25) is 0 Å². The van der Waals surface area contributed by atoms with Gasteiger partial charge in [-0.2, -0.15) is 0 Å². The molecule has 1 aromatic rings. The Bertz CT molecular complexity index is 340. The summed E-state index contributed by atoms with van der Waals surface area (Å²) < 4.78 is 0. The third-order valence-corrected chi connectivity index (χ3v) is 4.84. The third kappa shape index (κ3) is 2.51. The van der Waals surface area contributed by atoms with Crippen LogP contribution in [0.5, 0.6) is 0 Å². The molecular formula is C12H19ClN2S. The van der Waals surface area contributed by atoms with Crippen molar-refractivity contribution in [1.29, 1.82) is 0 Å². The fourth-order valence-corrected chi connectivity index (χ4v) is 3.65. The summed E-state index contributed by atoms with van der Waals surface area (Å²) in [6, 6.07) is 0.464. The molecule has 2 atom stereocenters. The molecule has 90 valence electrons. The van der Waals surface area contributed by atoms with Crippen molar-refractivity contribution in [2.75, 3.05) is 11.9 Å². The molecule has 0 aliphatic heterocycles. The van der Waals surface area contributed by atoms with Crippen molar-refractivity contribution in [1.82, 2.24) is 4.98 Å². The first-order valence-corrected chi connectivity index (χ1v) is 7.35. The van der Waals surface area contributed by atoms with E-state index in [0.29, 0.717) is 6.04 Å². The molecule has 0 N–H and O–H groups in total. The van der Waals surface area contributed by atoms with Crippen molar-refractivity contribution in [3.63, 3.8) is 0 Å². The maximum atomic E-state index is 6.40. The number of hydrogen-bond acceptors (Lipinski definition) is 3. The quantitative estimate of drug-likeness (QED) is 0.769. The molecule has 2 unspecified atom stereocenters. The van der Waals surface area contributed by atoms with Gasteiger partial charge in [-0.05, 0) is 19.3 Å². The van der Waals surface area contributed by atoms with Crippen LogP contribution in [0, 0.1) is 0 Å². The fraction of sp³-hybridized carbons (Fsp3) is 0.750. The van der Waals surface area contributed by atoms with Gasteiger partial charge in [0.25, 0.3) is 0 Å². The second-order valence-electron chi connectivity index (χ2n) is 4.45. The summed E-state index contributed by atoms with van der Waals surface area (Å²) in [6.07, 6.45) is 5.93. The van der Waals surface area contributed by atoms with E-state index in [1.807, 2.05) is 0 Å². The molecular weight excluding hydrogens is 240 g/mol.